The first kappa shape index (κ1) is 28.0. The van der Waals surface area contributed by atoms with E-state index in [1.807, 2.05) is 0 Å². The lowest BCUT2D eigenvalue weighted by atomic mass is 10.1. The molecule has 0 bridgehead atoms. The largest absolute Gasteiger partial charge is 0.495 e. The van der Waals surface area contributed by atoms with Crippen LogP contribution < -0.4 is 25.0 Å². The van der Waals surface area contributed by atoms with Gasteiger partial charge in [0.25, 0.3) is 17.7 Å². The number of nitrogens with zero attached hydrogens (tertiary/aromatic N) is 1. The Morgan fingerprint density at radius 3 is 2.40 bits per heavy atom. The third-order valence-electron chi connectivity index (χ3n) is 5.66. The van der Waals surface area contributed by atoms with Crippen molar-refractivity contribution in [1.82, 2.24) is 5.32 Å². The number of carbonyl (C=O) groups is 5. The molecule has 1 fully saturated rings. The average molecular weight is 608 g/mol. The molecule has 0 aliphatic carbocycles. The smallest absolute Gasteiger partial charge is 0.337 e. The summed E-state index contributed by atoms with van der Waals surface area (Å²) < 4.78 is 16.2. The van der Waals surface area contributed by atoms with Gasteiger partial charge in [0.05, 0.1) is 31.2 Å². The molecule has 204 valence electrons. The highest BCUT2D eigenvalue weighted by Crippen LogP contribution is 2.29. The lowest BCUT2D eigenvalue weighted by Gasteiger charge is -2.26. The number of carbonyl (C=O) groups excluding carboxylic acids is 5. The number of esters is 1. The predicted octanol–water partition coefficient (Wildman–Crippen LogP) is 3.93. The number of rotatable bonds is 8. The second kappa shape index (κ2) is 12.3. The Bertz CT molecular complexity index is 1530. The van der Waals surface area contributed by atoms with Gasteiger partial charge in [-0.1, -0.05) is 28.1 Å². The fraction of sp³-hybridized carbons (Fsp3) is 0.107. The fourth-order valence-corrected chi connectivity index (χ4v) is 4.13. The number of nitrogens with one attached hydrogen (secondary N) is 2. The molecule has 0 unspecified atom stereocenters. The number of amides is 5. The molecule has 1 aliphatic rings. The molecule has 11 nitrogen and oxygen atoms in total. The number of anilines is 2. The zero-order valence-electron chi connectivity index (χ0n) is 21.2. The van der Waals surface area contributed by atoms with Crippen LogP contribution in [0.5, 0.6) is 11.5 Å². The topological polar surface area (TPSA) is 140 Å². The van der Waals surface area contributed by atoms with Crippen LogP contribution in [0.25, 0.3) is 6.08 Å². The normalized spacial score (nSPS) is 14.0. The van der Waals surface area contributed by atoms with Crippen molar-refractivity contribution in [2.24, 2.45) is 0 Å². The zero-order valence-corrected chi connectivity index (χ0v) is 22.8. The van der Waals surface area contributed by atoms with Gasteiger partial charge >= 0.3 is 12.0 Å². The molecule has 4 rings (SSSR count). The van der Waals surface area contributed by atoms with E-state index in [0.717, 1.165) is 4.90 Å². The van der Waals surface area contributed by atoms with E-state index >= 15 is 0 Å². The number of hydrogen-bond donors (Lipinski definition) is 2. The second-order valence-electron chi connectivity index (χ2n) is 8.22. The summed E-state index contributed by atoms with van der Waals surface area (Å²) in [5.74, 6) is -2.17. The Kier molecular flexibility index (Phi) is 8.60. The van der Waals surface area contributed by atoms with Crippen molar-refractivity contribution in [3.05, 3.63) is 87.9 Å². The molecule has 12 heteroatoms. The van der Waals surface area contributed by atoms with Crippen LogP contribution in [0.4, 0.5) is 16.2 Å². The van der Waals surface area contributed by atoms with Crippen molar-refractivity contribution in [3.8, 4) is 11.5 Å². The molecule has 1 aliphatic heterocycles. The molecule has 1 heterocycles. The van der Waals surface area contributed by atoms with Crippen molar-refractivity contribution in [3.63, 3.8) is 0 Å². The summed E-state index contributed by atoms with van der Waals surface area (Å²) in [7, 11) is 2.71. The maximum atomic E-state index is 13.3. The van der Waals surface area contributed by atoms with Crippen molar-refractivity contribution in [1.29, 1.82) is 0 Å². The SMILES string of the molecule is COC(=O)c1ccc(N2C(=O)NC(=O)/C(=C/c3cc(Br)ccc3OCC(=O)Nc3ccccc3OC)C2=O)cc1. The summed E-state index contributed by atoms with van der Waals surface area (Å²) in [5.41, 5.74) is 0.762. The van der Waals surface area contributed by atoms with Gasteiger partial charge in [-0.05, 0) is 60.7 Å². The fourth-order valence-electron chi connectivity index (χ4n) is 3.75. The first-order valence-corrected chi connectivity index (χ1v) is 12.5. The Hall–Kier alpha value is -4.97. The van der Waals surface area contributed by atoms with E-state index < -0.39 is 29.7 Å². The van der Waals surface area contributed by atoms with Crippen LogP contribution in [0.2, 0.25) is 0 Å². The van der Waals surface area contributed by atoms with Crippen LogP contribution in [0.15, 0.2) is 76.8 Å². The van der Waals surface area contributed by atoms with Crippen molar-refractivity contribution >= 4 is 63.1 Å². The molecule has 5 amide bonds. The van der Waals surface area contributed by atoms with Crippen LogP contribution in [0.3, 0.4) is 0 Å². The van der Waals surface area contributed by atoms with Crippen LogP contribution >= 0.6 is 15.9 Å². The summed E-state index contributed by atoms with van der Waals surface area (Å²) in [6.07, 6.45) is 1.26. The minimum absolute atomic E-state index is 0.132. The van der Waals surface area contributed by atoms with Crippen LogP contribution in [0.1, 0.15) is 15.9 Å². The van der Waals surface area contributed by atoms with Gasteiger partial charge < -0.3 is 19.5 Å². The summed E-state index contributed by atoms with van der Waals surface area (Å²) in [6.45, 7) is -0.382. The molecule has 0 atom stereocenters. The first-order chi connectivity index (χ1) is 19.2. The van der Waals surface area contributed by atoms with Crippen molar-refractivity contribution in [2.45, 2.75) is 0 Å². The number of halogens is 1. The molecule has 3 aromatic rings. The minimum Gasteiger partial charge on any atom is -0.495 e. The minimum atomic E-state index is -0.948. The standard InChI is InChI=1S/C28H22BrN3O8/c1-38-23-6-4-3-5-21(23)30-24(33)15-40-22-12-9-18(29)13-17(22)14-20-25(34)31-28(37)32(26(20)35)19-10-7-16(8-11-19)27(36)39-2/h3-14H,15H2,1-2H3,(H,30,33)(H,31,34,37)/b20-14-. The maximum absolute atomic E-state index is 13.3. The first-order valence-electron chi connectivity index (χ1n) is 11.7. The number of hydrogen-bond acceptors (Lipinski definition) is 8. The number of barbiturate groups is 1. The molecule has 3 aromatic carbocycles. The van der Waals surface area contributed by atoms with Gasteiger partial charge in [0, 0.05) is 10.0 Å². The third-order valence-corrected chi connectivity index (χ3v) is 6.15. The quantitative estimate of drug-likeness (QED) is 0.223. The van der Waals surface area contributed by atoms with Crippen molar-refractivity contribution in [2.75, 3.05) is 31.0 Å². The monoisotopic (exact) mass is 607 g/mol. The molecular formula is C28H22BrN3O8. The number of imide groups is 2. The number of urea groups is 1. The Morgan fingerprint density at radius 2 is 1.70 bits per heavy atom. The van der Waals surface area contributed by atoms with Gasteiger partial charge in [-0.2, -0.15) is 0 Å². The van der Waals surface area contributed by atoms with Gasteiger partial charge in [-0.3, -0.25) is 19.7 Å². The van der Waals surface area contributed by atoms with E-state index in [0.29, 0.717) is 21.5 Å². The summed E-state index contributed by atoms with van der Waals surface area (Å²) in [5, 5.41) is 4.83. The van der Waals surface area contributed by atoms with E-state index in [9.17, 15) is 24.0 Å². The second-order valence-corrected chi connectivity index (χ2v) is 9.13. The van der Waals surface area contributed by atoms with Crippen LogP contribution in [-0.4, -0.2) is 50.5 Å². The van der Waals surface area contributed by atoms with E-state index in [1.54, 1.807) is 42.5 Å². The summed E-state index contributed by atoms with van der Waals surface area (Å²) >= 11 is 3.35. The molecule has 0 aromatic heterocycles. The van der Waals surface area contributed by atoms with Gasteiger partial charge in [-0.25, -0.2) is 14.5 Å². The number of ether oxygens (including phenoxy) is 3. The maximum Gasteiger partial charge on any atom is 0.337 e. The van der Waals surface area contributed by atoms with E-state index in [1.165, 1.54) is 44.6 Å². The van der Waals surface area contributed by atoms with Crippen LogP contribution in [0, 0.1) is 0 Å². The Balaban J connectivity index is 1.57. The predicted molar refractivity (Wildman–Crippen MR) is 148 cm³/mol. The molecule has 0 spiro atoms. The average Bonchev–Trinajstić information content (AvgIpc) is 2.95. The molecule has 1 saturated heterocycles. The molecular weight excluding hydrogens is 586 g/mol. The van der Waals surface area contributed by atoms with Crippen LogP contribution in [-0.2, 0) is 19.1 Å². The highest BCUT2D eigenvalue weighted by Gasteiger charge is 2.37. The number of para-hydroxylation sites is 2. The molecule has 40 heavy (non-hydrogen) atoms. The molecule has 0 saturated carbocycles. The highest BCUT2D eigenvalue weighted by atomic mass is 79.9. The van der Waals surface area contributed by atoms with Gasteiger partial charge in [0.1, 0.15) is 17.1 Å². The van der Waals surface area contributed by atoms with E-state index in [-0.39, 0.29) is 29.2 Å². The summed E-state index contributed by atoms with van der Waals surface area (Å²) in [4.78, 5) is 63.6. The van der Waals surface area contributed by atoms with Crippen molar-refractivity contribution < 1.29 is 38.2 Å². The highest BCUT2D eigenvalue weighted by molar-refractivity contribution is 9.10. The number of methoxy groups -OCH3 is 2. The lowest BCUT2D eigenvalue weighted by molar-refractivity contribution is -0.122. The molecule has 2 N–H and O–H groups in total. The Labute approximate surface area is 236 Å². The van der Waals surface area contributed by atoms with Gasteiger partial charge in [0.2, 0.25) is 0 Å². The van der Waals surface area contributed by atoms with Gasteiger partial charge in [0.15, 0.2) is 6.61 Å². The van der Waals surface area contributed by atoms with E-state index in [2.05, 4.69) is 31.3 Å². The lowest BCUT2D eigenvalue weighted by Crippen LogP contribution is -2.54. The summed E-state index contributed by atoms with van der Waals surface area (Å²) in [6, 6.07) is 16.3. The Morgan fingerprint density at radius 1 is 0.975 bits per heavy atom. The third kappa shape index (κ3) is 6.18. The number of benzene rings is 3. The zero-order chi connectivity index (χ0) is 28.8. The molecule has 0 radical (unpaired) electrons. The van der Waals surface area contributed by atoms with Gasteiger partial charge in [-0.15, -0.1) is 0 Å². The van der Waals surface area contributed by atoms with E-state index in [4.69, 9.17) is 9.47 Å².